The van der Waals surface area contributed by atoms with Crippen LogP contribution in [-0.2, 0) is 0 Å². The van der Waals surface area contributed by atoms with Crippen molar-refractivity contribution in [2.75, 3.05) is 7.11 Å². The molecule has 0 saturated heterocycles. The lowest BCUT2D eigenvalue weighted by Crippen LogP contribution is -1.92. The molecule has 2 aromatic heterocycles. The molecule has 3 nitrogen and oxygen atoms in total. The lowest BCUT2D eigenvalue weighted by Gasteiger charge is -2.05. The van der Waals surface area contributed by atoms with Crippen LogP contribution in [0.25, 0.3) is 10.9 Å². The van der Waals surface area contributed by atoms with Crippen LogP contribution >= 0.6 is 30.3 Å². The van der Waals surface area contributed by atoms with Gasteiger partial charge in [0.05, 0.1) is 7.11 Å². The molecule has 0 radical (unpaired) electrons. The molecule has 14 heavy (non-hydrogen) atoms. The van der Waals surface area contributed by atoms with E-state index in [1.165, 1.54) is 10.9 Å². The van der Waals surface area contributed by atoms with Crippen molar-refractivity contribution in [3.05, 3.63) is 24.0 Å². The highest BCUT2D eigenvalue weighted by molar-refractivity contribution is 14.2. The zero-order chi connectivity index (χ0) is 10.1. The van der Waals surface area contributed by atoms with Crippen LogP contribution in [0, 0.1) is 6.92 Å². The van der Waals surface area contributed by atoms with Crippen LogP contribution in [0.1, 0.15) is 5.56 Å². The summed E-state index contributed by atoms with van der Waals surface area (Å²) in [6, 6.07) is 2.08. The minimum Gasteiger partial charge on any atom is -0.479 e. The lowest BCUT2D eigenvalue weighted by molar-refractivity contribution is 0.402. The van der Waals surface area contributed by atoms with Gasteiger partial charge in [0.2, 0.25) is 5.88 Å². The van der Waals surface area contributed by atoms with Crippen molar-refractivity contribution in [1.82, 2.24) is 8.96 Å². The van der Waals surface area contributed by atoms with Crippen LogP contribution in [0.4, 0.5) is 0 Å². The van der Waals surface area contributed by atoms with Crippen LogP contribution in [0.3, 0.4) is 0 Å². The van der Waals surface area contributed by atoms with Crippen molar-refractivity contribution in [3.63, 3.8) is 0 Å². The number of methoxy groups -OCH3 is 1. The molecule has 2 aromatic rings. The van der Waals surface area contributed by atoms with Gasteiger partial charge in [0.15, 0.2) is 0 Å². The molecule has 0 amide bonds. The molecule has 2 rings (SSSR count). The van der Waals surface area contributed by atoms with Crippen molar-refractivity contribution in [2.45, 2.75) is 6.92 Å². The second-order valence-electron chi connectivity index (χ2n) is 2.92. The van der Waals surface area contributed by atoms with Gasteiger partial charge in [0, 0.05) is 48.1 Å². The van der Waals surface area contributed by atoms with Gasteiger partial charge in [-0.25, -0.2) is 4.98 Å². The molecule has 0 aliphatic carbocycles. The molecule has 5 heteroatoms. The Kier molecular flexibility index (Phi) is 2.87. The highest BCUT2D eigenvalue weighted by Gasteiger charge is 2.10. The topological polar surface area (TPSA) is 27.1 Å². The normalized spacial score (nSPS) is 10.8. The van der Waals surface area contributed by atoms with E-state index in [-0.39, 0.29) is 0 Å². The predicted octanol–water partition coefficient (Wildman–Crippen LogP) is 3.20. The molecule has 0 aliphatic rings. The number of aryl methyl sites for hydroxylation is 1. The van der Waals surface area contributed by atoms with E-state index in [1.54, 1.807) is 16.2 Å². The van der Waals surface area contributed by atoms with E-state index < -0.39 is 0 Å². The number of pyridine rings is 1. The summed E-state index contributed by atoms with van der Waals surface area (Å²) in [7, 11) is 3.26. The number of hydrogen-bond donors (Lipinski definition) is 0. The Hall–Kier alpha value is -0.430. The van der Waals surface area contributed by atoms with Crippen LogP contribution in [0.5, 0.6) is 5.88 Å². The highest BCUT2D eigenvalue weighted by Crippen LogP contribution is 2.31. The van der Waals surface area contributed by atoms with E-state index in [4.69, 9.17) is 4.74 Å². The highest BCUT2D eigenvalue weighted by atomic mass is 127. The zero-order valence-electron chi connectivity index (χ0n) is 7.82. The predicted molar refractivity (Wildman–Crippen MR) is 68.0 cm³/mol. The Bertz CT molecular complexity index is 469. The van der Waals surface area contributed by atoms with E-state index >= 15 is 0 Å². The molecule has 0 aliphatic heterocycles. The Morgan fingerprint density at radius 1 is 1.57 bits per heavy atom. The van der Waals surface area contributed by atoms with E-state index in [0.717, 1.165) is 5.52 Å². The average Bonchev–Trinajstić information content (AvgIpc) is 2.63. The summed E-state index contributed by atoms with van der Waals surface area (Å²) >= 11 is 2.24. The van der Waals surface area contributed by atoms with Crippen LogP contribution in [0.2, 0.25) is 0 Å². The number of aromatic nitrogens is 2. The van der Waals surface area contributed by atoms with Gasteiger partial charge in [-0.3, -0.25) is 3.97 Å². The van der Waals surface area contributed by atoms with Crippen LogP contribution in [-0.4, -0.2) is 16.1 Å². The first kappa shape index (κ1) is 10.1. The van der Waals surface area contributed by atoms with Gasteiger partial charge in [-0.15, -0.1) is 0 Å². The summed E-state index contributed by atoms with van der Waals surface area (Å²) in [4.78, 5) is 4.25. The SMILES string of the molecule is COc1ncc(C)c2ccn(SI)c12. The smallest absolute Gasteiger partial charge is 0.239 e. The van der Waals surface area contributed by atoms with Gasteiger partial charge in [-0.05, 0) is 18.6 Å². The fraction of sp³-hybridized carbons (Fsp3) is 0.222. The maximum atomic E-state index is 5.23. The Labute approximate surface area is 98.6 Å². The first-order chi connectivity index (χ1) is 6.77. The van der Waals surface area contributed by atoms with Crippen molar-refractivity contribution in [2.24, 2.45) is 0 Å². The molecule has 0 fully saturated rings. The lowest BCUT2D eigenvalue weighted by atomic mass is 10.2. The summed E-state index contributed by atoms with van der Waals surface area (Å²) in [5, 5.41) is 1.20. The number of fused-ring (bicyclic) bond motifs is 1. The Morgan fingerprint density at radius 2 is 2.36 bits per heavy atom. The van der Waals surface area contributed by atoms with E-state index in [2.05, 4.69) is 43.2 Å². The van der Waals surface area contributed by atoms with Crippen LogP contribution < -0.4 is 4.74 Å². The number of rotatable bonds is 2. The molecule has 0 atom stereocenters. The fourth-order valence-corrected chi connectivity index (χ4v) is 2.77. The summed E-state index contributed by atoms with van der Waals surface area (Å²) in [5.74, 6) is 0.680. The van der Waals surface area contributed by atoms with Crippen LogP contribution in [0.15, 0.2) is 18.5 Å². The molecule has 0 aromatic carbocycles. The third-order valence-electron chi connectivity index (χ3n) is 2.12. The van der Waals surface area contributed by atoms with Crippen molar-refractivity contribution in [3.8, 4) is 5.88 Å². The Morgan fingerprint density at radius 3 is 3.00 bits per heavy atom. The molecular weight excluding hydrogens is 311 g/mol. The minimum absolute atomic E-state index is 0.680. The summed E-state index contributed by atoms with van der Waals surface area (Å²) < 4.78 is 7.28. The van der Waals surface area contributed by atoms with Gasteiger partial charge in [-0.1, -0.05) is 0 Å². The number of hydrogen-bond acceptors (Lipinski definition) is 3. The third kappa shape index (κ3) is 1.48. The number of nitrogens with zero attached hydrogens (tertiary/aromatic N) is 2. The molecule has 0 saturated carbocycles. The average molecular weight is 320 g/mol. The van der Waals surface area contributed by atoms with Gasteiger partial charge in [-0.2, -0.15) is 0 Å². The fourth-order valence-electron chi connectivity index (χ4n) is 1.44. The second-order valence-corrected chi connectivity index (χ2v) is 4.64. The molecule has 0 bridgehead atoms. The Balaban J connectivity index is 2.82. The first-order valence-corrected chi connectivity index (χ1v) is 7.39. The maximum absolute atomic E-state index is 5.23. The second kappa shape index (κ2) is 3.98. The van der Waals surface area contributed by atoms with Crippen molar-refractivity contribution >= 4 is 41.2 Å². The van der Waals surface area contributed by atoms with Gasteiger partial charge >= 0.3 is 0 Å². The van der Waals surface area contributed by atoms with E-state index in [0.29, 0.717) is 5.88 Å². The van der Waals surface area contributed by atoms with Gasteiger partial charge < -0.3 is 4.74 Å². The van der Waals surface area contributed by atoms with E-state index in [1.807, 2.05) is 12.4 Å². The monoisotopic (exact) mass is 320 g/mol. The van der Waals surface area contributed by atoms with E-state index in [9.17, 15) is 0 Å². The number of ether oxygens (including phenoxy) is 1. The van der Waals surface area contributed by atoms with Gasteiger partial charge in [0.1, 0.15) is 5.52 Å². The molecule has 0 spiro atoms. The largest absolute Gasteiger partial charge is 0.479 e. The first-order valence-electron chi connectivity index (χ1n) is 4.07. The maximum Gasteiger partial charge on any atom is 0.239 e. The van der Waals surface area contributed by atoms with Crippen molar-refractivity contribution < 1.29 is 4.74 Å². The number of halogens is 1. The molecule has 0 unspecified atom stereocenters. The minimum atomic E-state index is 0.680. The van der Waals surface area contributed by atoms with Gasteiger partial charge in [0.25, 0.3) is 0 Å². The zero-order valence-corrected chi connectivity index (χ0v) is 10.8. The summed E-state index contributed by atoms with van der Waals surface area (Å²) in [5.41, 5.74) is 2.22. The summed E-state index contributed by atoms with van der Waals surface area (Å²) in [6.07, 6.45) is 3.86. The third-order valence-corrected chi connectivity index (χ3v) is 3.85. The molecule has 74 valence electrons. The standard InChI is InChI=1S/C9H9IN2OS/c1-6-5-11-9(13-2)8-7(6)3-4-12(8)14-10/h3-5H,1-2H3. The quantitative estimate of drug-likeness (QED) is 0.795. The molecule has 2 heterocycles. The summed E-state index contributed by atoms with van der Waals surface area (Å²) in [6.45, 7) is 2.05. The molecule has 0 N–H and O–H groups in total. The molecular formula is C9H9IN2OS. The van der Waals surface area contributed by atoms with Crippen molar-refractivity contribution in [1.29, 1.82) is 0 Å².